The van der Waals surface area contributed by atoms with E-state index in [-0.39, 0.29) is 11.9 Å². The topological polar surface area (TPSA) is 64.3 Å². The van der Waals surface area contributed by atoms with Crippen molar-refractivity contribution in [1.82, 2.24) is 5.32 Å². The molecule has 1 unspecified atom stereocenters. The third-order valence-electron chi connectivity index (χ3n) is 2.98. The Morgan fingerprint density at radius 3 is 2.68 bits per heavy atom. The lowest BCUT2D eigenvalue weighted by Gasteiger charge is -2.12. The van der Waals surface area contributed by atoms with Crippen LogP contribution in [0.25, 0.3) is 0 Å². The van der Waals surface area contributed by atoms with Crippen molar-refractivity contribution in [1.29, 1.82) is 0 Å². The maximum Gasteiger partial charge on any atom is 0.221 e. The number of hydrogen-bond donors (Lipinski definition) is 2. The number of rotatable bonds is 9. The first-order valence-corrected chi connectivity index (χ1v) is 6.80. The van der Waals surface area contributed by atoms with Crippen LogP contribution in [-0.4, -0.2) is 26.2 Å². The number of unbranched alkanes of at least 4 members (excludes halogenated alkanes) is 2. The van der Waals surface area contributed by atoms with E-state index in [1.165, 1.54) is 0 Å². The first-order valence-electron chi connectivity index (χ1n) is 6.80. The van der Waals surface area contributed by atoms with E-state index in [0.717, 1.165) is 31.4 Å². The second-order valence-corrected chi connectivity index (χ2v) is 4.62. The Balaban J connectivity index is 2.14. The number of carbonyl (C=O) groups excluding carboxylic acids is 1. The Hall–Kier alpha value is -1.39. The zero-order chi connectivity index (χ0) is 13.9. The molecule has 4 heteroatoms. The van der Waals surface area contributed by atoms with E-state index < -0.39 is 0 Å². The molecule has 1 amide bonds. The minimum Gasteiger partial charge on any atom is -0.385 e. The molecule has 0 aliphatic rings. The van der Waals surface area contributed by atoms with Crippen molar-refractivity contribution in [3.8, 4) is 0 Å². The number of benzene rings is 1. The highest BCUT2D eigenvalue weighted by Gasteiger charge is 2.10. The molecule has 0 aliphatic heterocycles. The van der Waals surface area contributed by atoms with Crippen molar-refractivity contribution in [2.75, 3.05) is 20.3 Å². The third kappa shape index (κ3) is 6.94. The van der Waals surface area contributed by atoms with Crippen molar-refractivity contribution >= 4 is 5.91 Å². The van der Waals surface area contributed by atoms with Crippen LogP contribution in [0, 0.1) is 0 Å². The lowest BCUT2D eigenvalue weighted by Crippen LogP contribution is -2.28. The van der Waals surface area contributed by atoms with Gasteiger partial charge in [0.2, 0.25) is 5.91 Å². The third-order valence-corrected chi connectivity index (χ3v) is 2.98. The largest absolute Gasteiger partial charge is 0.385 e. The van der Waals surface area contributed by atoms with Crippen LogP contribution in [0.3, 0.4) is 0 Å². The zero-order valence-electron chi connectivity index (χ0n) is 11.6. The number of nitrogens with two attached hydrogens (primary N) is 1. The van der Waals surface area contributed by atoms with Gasteiger partial charge >= 0.3 is 0 Å². The lowest BCUT2D eigenvalue weighted by atomic mass is 10.0. The summed E-state index contributed by atoms with van der Waals surface area (Å²) in [7, 11) is 1.70. The van der Waals surface area contributed by atoms with Crippen molar-refractivity contribution in [2.45, 2.75) is 31.7 Å². The predicted molar refractivity (Wildman–Crippen MR) is 76.7 cm³/mol. The van der Waals surface area contributed by atoms with Crippen LogP contribution in [0.15, 0.2) is 30.3 Å². The molecule has 0 saturated carbocycles. The summed E-state index contributed by atoms with van der Waals surface area (Å²) in [5, 5.41) is 2.90. The van der Waals surface area contributed by atoms with E-state index in [2.05, 4.69) is 5.32 Å². The summed E-state index contributed by atoms with van der Waals surface area (Å²) in [5.41, 5.74) is 6.99. The molecule has 1 rings (SSSR count). The van der Waals surface area contributed by atoms with Crippen molar-refractivity contribution in [3.63, 3.8) is 0 Å². The van der Waals surface area contributed by atoms with E-state index in [0.29, 0.717) is 13.0 Å². The Labute approximate surface area is 115 Å². The van der Waals surface area contributed by atoms with Crippen molar-refractivity contribution < 1.29 is 9.53 Å². The molecular weight excluding hydrogens is 240 g/mol. The van der Waals surface area contributed by atoms with Gasteiger partial charge in [-0.1, -0.05) is 30.3 Å². The van der Waals surface area contributed by atoms with Gasteiger partial charge in [-0.2, -0.15) is 0 Å². The average Bonchev–Trinajstić information content (AvgIpc) is 2.43. The summed E-state index contributed by atoms with van der Waals surface area (Å²) in [6, 6.07) is 9.47. The number of ether oxygens (including phenoxy) is 1. The van der Waals surface area contributed by atoms with Gasteiger partial charge in [0.05, 0.1) is 0 Å². The fourth-order valence-electron chi connectivity index (χ4n) is 1.87. The van der Waals surface area contributed by atoms with Gasteiger partial charge in [0, 0.05) is 32.7 Å². The fourth-order valence-corrected chi connectivity index (χ4v) is 1.87. The maximum atomic E-state index is 11.7. The molecule has 0 radical (unpaired) electrons. The second kappa shape index (κ2) is 9.53. The van der Waals surface area contributed by atoms with Gasteiger partial charge in [0.1, 0.15) is 0 Å². The molecule has 1 aromatic carbocycles. The standard InChI is InChI=1S/C15H24N2O2/c1-19-11-7-3-6-10-17-15(18)12-14(16)13-8-4-2-5-9-13/h2,4-5,8-9,14H,3,6-7,10-12,16H2,1H3,(H,17,18). The van der Waals surface area contributed by atoms with Gasteiger partial charge in [0.15, 0.2) is 0 Å². The zero-order valence-corrected chi connectivity index (χ0v) is 11.6. The Morgan fingerprint density at radius 1 is 1.26 bits per heavy atom. The number of nitrogens with one attached hydrogen (secondary N) is 1. The summed E-state index contributed by atoms with van der Waals surface area (Å²) >= 11 is 0. The van der Waals surface area contributed by atoms with E-state index in [1.807, 2.05) is 30.3 Å². The molecule has 0 aliphatic carbocycles. The van der Waals surface area contributed by atoms with Gasteiger partial charge in [-0.3, -0.25) is 4.79 Å². The number of hydrogen-bond acceptors (Lipinski definition) is 3. The van der Waals surface area contributed by atoms with E-state index in [9.17, 15) is 4.79 Å². The smallest absolute Gasteiger partial charge is 0.221 e. The summed E-state index contributed by atoms with van der Waals surface area (Å²) in [4.78, 5) is 11.7. The Morgan fingerprint density at radius 2 is 2.00 bits per heavy atom. The van der Waals surface area contributed by atoms with Crippen molar-refractivity contribution in [3.05, 3.63) is 35.9 Å². The molecule has 0 spiro atoms. The molecule has 0 aromatic heterocycles. The fraction of sp³-hybridized carbons (Fsp3) is 0.533. The monoisotopic (exact) mass is 264 g/mol. The molecule has 0 saturated heterocycles. The predicted octanol–water partition coefficient (Wildman–Crippen LogP) is 2.01. The summed E-state index contributed by atoms with van der Waals surface area (Å²) in [6.45, 7) is 1.50. The Kier molecular flexibility index (Phi) is 7.86. The van der Waals surface area contributed by atoms with Crippen LogP contribution in [0.4, 0.5) is 0 Å². The molecular formula is C15H24N2O2. The molecule has 1 aromatic rings. The van der Waals surface area contributed by atoms with E-state index in [1.54, 1.807) is 7.11 Å². The van der Waals surface area contributed by atoms with Crippen LogP contribution >= 0.6 is 0 Å². The molecule has 4 nitrogen and oxygen atoms in total. The maximum absolute atomic E-state index is 11.7. The van der Waals surface area contributed by atoms with Crippen LogP contribution in [0.2, 0.25) is 0 Å². The van der Waals surface area contributed by atoms with Crippen LogP contribution in [0.1, 0.15) is 37.3 Å². The SMILES string of the molecule is COCCCCCNC(=O)CC(N)c1ccccc1. The highest BCUT2D eigenvalue weighted by Crippen LogP contribution is 2.12. The molecule has 0 heterocycles. The molecule has 0 bridgehead atoms. The first-order chi connectivity index (χ1) is 9.24. The summed E-state index contributed by atoms with van der Waals surface area (Å²) in [6.07, 6.45) is 3.42. The summed E-state index contributed by atoms with van der Waals surface area (Å²) < 4.78 is 4.97. The van der Waals surface area contributed by atoms with Crippen LogP contribution < -0.4 is 11.1 Å². The lowest BCUT2D eigenvalue weighted by molar-refractivity contribution is -0.121. The van der Waals surface area contributed by atoms with Gasteiger partial charge < -0.3 is 15.8 Å². The van der Waals surface area contributed by atoms with Crippen LogP contribution in [0.5, 0.6) is 0 Å². The second-order valence-electron chi connectivity index (χ2n) is 4.62. The van der Waals surface area contributed by atoms with Crippen molar-refractivity contribution in [2.24, 2.45) is 5.73 Å². The van der Waals surface area contributed by atoms with Gasteiger partial charge in [-0.15, -0.1) is 0 Å². The quantitative estimate of drug-likeness (QED) is 0.671. The molecule has 3 N–H and O–H groups in total. The average molecular weight is 264 g/mol. The Bertz CT molecular complexity index is 354. The molecule has 1 atom stereocenters. The van der Waals surface area contributed by atoms with E-state index in [4.69, 9.17) is 10.5 Å². The molecule has 0 fully saturated rings. The number of amides is 1. The minimum atomic E-state index is -0.227. The normalized spacial score (nSPS) is 12.1. The molecule has 19 heavy (non-hydrogen) atoms. The van der Waals surface area contributed by atoms with Gasteiger partial charge in [-0.05, 0) is 24.8 Å². The number of carbonyl (C=O) groups is 1. The highest BCUT2D eigenvalue weighted by molar-refractivity contribution is 5.76. The minimum absolute atomic E-state index is 0.0168. The van der Waals surface area contributed by atoms with Gasteiger partial charge in [0.25, 0.3) is 0 Å². The molecule has 106 valence electrons. The first kappa shape index (κ1) is 15.7. The van der Waals surface area contributed by atoms with E-state index >= 15 is 0 Å². The summed E-state index contributed by atoms with van der Waals surface area (Å²) in [5.74, 6) is 0.0168. The highest BCUT2D eigenvalue weighted by atomic mass is 16.5. The van der Waals surface area contributed by atoms with Crippen LogP contribution in [-0.2, 0) is 9.53 Å². The van der Waals surface area contributed by atoms with Gasteiger partial charge in [-0.25, -0.2) is 0 Å². The number of methoxy groups -OCH3 is 1.